The predicted molar refractivity (Wildman–Crippen MR) is 163 cm³/mol. The quantitative estimate of drug-likeness (QED) is 0.251. The molecule has 0 amide bonds. The van der Waals surface area contributed by atoms with Crippen molar-refractivity contribution in [2.75, 3.05) is 5.32 Å². The maximum atomic E-state index is 6.53. The fraction of sp³-hybridized carbons (Fsp3) is 0.171. The Balaban J connectivity index is 1.09. The minimum Gasteiger partial charge on any atom is -0.486 e. The van der Waals surface area contributed by atoms with Gasteiger partial charge < -0.3 is 20.1 Å². The zero-order valence-corrected chi connectivity index (χ0v) is 22.8. The van der Waals surface area contributed by atoms with Gasteiger partial charge in [-0.05, 0) is 47.9 Å². The normalized spacial score (nSPS) is 22.9. The largest absolute Gasteiger partial charge is 0.486 e. The van der Waals surface area contributed by atoms with Crippen molar-refractivity contribution >= 4 is 11.5 Å². The van der Waals surface area contributed by atoms with E-state index in [2.05, 4.69) is 89.6 Å². The van der Waals surface area contributed by atoms with Crippen molar-refractivity contribution in [3.8, 4) is 11.5 Å². The van der Waals surface area contributed by atoms with E-state index < -0.39 is 0 Å². The van der Waals surface area contributed by atoms with Crippen molar-refractivity contribution in [2.45, 2.75) is 38.0 Å². The number of nitrogens with one attached hydrogen (secondary N) is 3. The number of nitrogens with zero attached hydrogens (tertiary/aromatic N) is 1. The zero-order chi connectivity index (χ0) is 27.6. The third-order valence-electron chi connectivity index (χ3n) is 7.75. The van der Waals surface area contributed by atoms with Crippen LogP contribution in [0.2, 0.25) is 0 Å². The molecular weight excluding hydrogens is 508 g/mol. The molecule has 204 valence electrons. The Hall–Kier alpha value is -4.81. The molecule has 0 radical (unpaired) electrons. The number of hydrogen-bond acceptors (Lipinski definition) is 6. The van der Waals surface area contributed by atoms with Crippen molar-refractivity contribution in [2.24, 2.45) is 4.99 Å². The van der Waals surface area contributed by atoms with E-state index in [0.717, 1.165) is 57.3 Å². The number of anilines is 1. The van der Waals surface area contributed by atoms with Crippen molar-refractivity contribution in [1.82, 2.24) is 10.6 Å². The minimum absolute atomic E-state index is 0.0535. The summed E-state index contributed by atoms with van der Waals surface area (Å²) in [5, 5.41) is 10.8. The highest BCUT2D eigenvalue weighted by atomic mass is 16.5. The number of para-hydroxylation sites is 2. The summed E-state index contributed by atoms with van der Waals surface area (Å²) in [6.45, 7) is 2.13. The molecule has 4 unspecified atom stereocenters. The van der Waals surface area contributed by atoms with Crippen LogP contribution in [0.5, 0.6) is 11.5 Å². The second kappa shape index (κ2) is 11.0. The van der Waals surface area contributed by atoms with Gasteiger partial charge in [-0.2, -0.15) is 0 Å². The van der Waals surface area contributed by atoms with Crippen LogP contribution in [-0.2, 0) is 0 Å². The van der Waals surface area contributed by atoms with Gasteiger partial charge in [-0.1, -0.05) is 97.1 Å². The fourth-order valence-electron chi connectivity index (χ4n) is 5.54. The molecule has 2 aliphatic heterocycles. The minimum atomic E-state index is -0.177. The lowest BCUT2D eigenvalue weighted by atomic mass is 10.0. The van der Waals surface area contributed by atoms with Crippen LogP contribution >= 0.6 is 0 Å². The van der Waals surface area contributed by atoms with E-state index in [-0.39, 0.29) is 24.7 Å². The average molecular weight is 541 g/mol. The predicted octanol–water partition coefficient (Wildman–Crippen LogP) is 6.80. The van der Waals surface area contributed by atoms with E-state index in [0.29, 0.717) is 0 Å². The Morgan fingerprint density at radius 2 is 1.61 bits per heavy atom. The first kappa shape index (κ1) is 25.2. The van der Waals surface area contributed by atoms with E-state index in [4.69, 9.17) is 14.5 Å². The Bertz CT molecular complexity index is 1610. The summed E-state index contributed by atoms with van der Waals surface area (Å²) in [6, 6.07) is 34.9. The summed E-state index contributed by atoms with van der Waals surface area (Å²) < 4.78 is 12.6. The lowest BCUT2D eigenvalue weighted by molar-refractivity contribution is 0.244. The molecule has 0 saturated carbocycles. The number of rotatable bonds is 6. The van der Waals surface area contributed by atoms with Gasteiger partial charge in [0.15, 0.2) is 6.23 Å². The van der Waals surface area contributed by atoms with E-state index in [1.807, 2.05) is 54.6 Å². The fourth-order valence-corrected chi connectivity index (χ4v) is 5.54. The molecule has 0 bridgehead atoms. The molecule has 1 aliphatic carbocycles. The maximum Gasteiger partial charge on any atom is 0.196 e. The third kappa shape index (κ3) is 5.22. The molecule has 4 atom stereocenters. The lowest BCUT2D eigenvalue weighted by Crippen LogP contribution is -2.45. The summed E-state index contributed by atoms with van der Waals surface area (Å²) in [5.41, 5.74) is 6.54. The van der Waals surface area contributed by atoms with E-state index in [1.165, 1.54) is 0 Å². The number of hydrogen-bond donors (Lipinski definition) is 3. The van der Waals surface area contributed by atoms with Crippen molar-refractivity contribution in [3.63, 3.8) is 0 Å². The Kier molecular flexibility index (Phi) is 6.75. The third-order valence-corrected chi connectivity index (χ3v) is 7.75. The molecular formula is C35H32N4O2. The van der Waals surface area contributed by atoms with Gasteiger partial charge in [-0.3, -0.25) is 5.32 Å². The highest BCUT2D eigenvalue weighted by Gasteiger charge is 2.28. The number of ether oxygens (including phenoxy) is 2. The van der Waals surface area contributed by atoms with Crippen LogP contribution in [0.4, 0.5) is 5.69 Å². The van der Waals surface area contributed by atoms with Crippen LogP contribution in [0.1, 0.15) is 41.0 Å². The van der Waals surface area contributed by atoms with Crippen LogP contribution in [0.15, 0.2) is 132 Å². The van der Waals surface area contributed by atoms with Gasteiger partial charge in [0.05, 0.1) is 5.69 Å². The van der Waals surface area contributed by atoms with Crippen LogP contribution in [-0.4, -0.2) is 18.2 Å². The van der Waals surface area contributed by atoms with Gasteiger partial charge in [0, 0.05) is 17.6 Å². The smallest absolute Gasteiger partial charge is 0.196 e. The number of fused-ring (bicyclic) bond motifs is 1. The molecule has 4 aromatic carbocycles. The molecule has 4 aromatic rings. The molecule has 2 heterocycles. The van der Waals surface area contributed by atoms with Crippen LogP contribution in [0.3, 0.4) is 0 Å². The molecule has 0 saturated heterocycles. The first-order chi connectivity index (χ1) is 20.2. The standard InChI is InChI=1S/C35H32N4O2/c1-23-28(34-38-32(24-11-4-2-5-12-24)37-33(39-34)25-13-6-3-7-14-25)15-10-18-30(23)40-27-21-19-26(20-22-27)35-36-29-16-8-9-17-31(29)41-35/h2-21,27,32,34-36,38H,22H2,1H3,(H,37,39). The maximum absolute atomic E-state index is 6.53. The number of aliphatic imine (C=N–C) groups is 1. The van der Waals surface area contributed by atoms with Crippen LogP contribution in [0, 0.1) is 6.92 Å². The van der Waals surface area contributed by atoms with Crippen molar-refractivity contribution in [3.05, 3.63) is 149 Å². The molecule has 7 rings (SSSR count). The highest BCUT2D eigenvalue weighted by Crippen LogP contribution is 2.35. The highest BCUT2D eigenvalue weighted by molar-refractivity contribution is 5.99. The van der Waals surface area contributed by atoms with Crippen molar-refractivity contribution in [1.29, 1.82) is 0 Å². The van der Waals surface area contributed by atoms with Gasteiger partial charge in [-0.25, -0.2) is 4.99 Å². The summed E-state index contributed by atoms with van der Waals surface area (Å²) in [4.78, 5) is 5.03. The first-order valence-corrected chi connectivity index (χ1v) is 14.1. The van der Waals surface area contributed by atoms with E-state index in [1.54, 1.807) is 0 Å². The Morgan fingerprint density at radius 3 is 2.39 bits per heavy atom. The molecule has 3 N–H and O–H groups in total. The molecule has 0 aromatic heterocycles. The molecule has 6 nitrogen and oxygen atoms in total. The van der Waals surface area contributed by atoms with Gasteiger partial charge in [0.25, 0.3) is 0 Å². The summed E-state index contributed by atoms with van der Waals surface area (Å²) in [7, 11) is 0. The summed E-state index contributed by atoms with van der Waals surface area (Å²) >= 11 is 0. The van der Waals surface area contributed by atoms with E-state index >= 15 is 0 Å². The summed E-state index contributed by atoms with van der Waals surface area (Å²) in [6.07, 6.45) is 6.66. The molecule has 0 fully saturated rings. The van der Waals surface area contributed by atoms with Crippen LogP contribution < -0.4 is 25.4 Å². The number of benzene rings is 4. The summed E-state index contributed by atoms with van der Waals surface area (Å²) in [5.74, 6) is 2.63. The second-order valence-electron chi connectivity index (χ2n) is 10.5. The lowest BCUT2D eigenvalue weighted by Gasteiger charge is -2.33. The SMILES string of the molecule is Cc1c(OC2C=CC(C3Nc4ccccc4O3)=CC2)cccc1C1NC(c2ccccc2)=NC(c2ccccc2)N1. The van der Waals surface area contributed by atoms with Gasteiger partial charge in [0.1, 0.15) is 35.8 Å². The number of amidine groups is 1. The Morgan fingerprint density at radius 1 is 0.829 bits per heavy atom. The van der Waals surface area contributed by atoms with Crippen LogP contribution in [0.25, 0.3) is 0 Å². The Labute approximate surface area is 240 Å². The zero-order valence-electron chi connectivity index (χ0n) is 22.8. The van der Waals surface area contributed by atoms with Gasteiger partial charge in [0.2, 0.25) is 0 Å². The van der Waals surface area contributed by atoms with Gasteiger partial charge >= 0.3 is 0 Å². The molecule has 0 spiro atoms. The molecule has 41 heavy (non-hydrogen) atoms. The van der Waals surface area contributed by atoms with E-state index in [9.17, 15) is 0 Å². The molecule has 6 heteroatoms. The van der Waals surface area contributed by atoms with Gasteiger partial charge in [-0.15, -0.1) is 0 Å². The first-order valence-electron chi connectivity index (χ1n) is 14.1. The topological polar surface area (TPSA) is 66.9 Å². The molecule has 3 aliphatic rings. The average Bonchev–Trinajstić information content (AvgIpc) is 3.48. The second-order valence-corrected chi connectivity index (χ2v) is 10.5. The monoisotopic (exact) mass is 540 g/mol. The van der Waals surface area contributed by atoms with Crippen molar-refractivity contribution < 1.29 is 9.47 Å².